The second-order valence-electron chi connectivity index (χ2n) is 3.66. The average Bonchev–Trinajstić information content (AvgIpc) is 2.35. The first-order valence-electron chi connectivity index (χ1n) is 6.71. The van der Waals surface area contributed by atoms with Crippen LogP contribution in [0.5, 0.6) is 0 Å². The fourth-order valence-electron chi connectivity index (χ4n) is 1.58. The molecule has 0 saturated carbocycles. The van der Waals surface area contributed by atoms with Gasteiger partial charge in [-0.1, -0.05) is 18.7 Å². The maximum absolute atomic E-state index is 11.2. The SMILES string of the molecule is CCO[Si](CCCSC(=O)CC)(OCC)OCC. The Morgan fingerprint density at radius 3 is 1.89 bits per heavy atom. The minimum absolute atomic E-state index is 0.242. The Bertz CT molecular complexity index is 209. The van der Waals surface area contributed by atoms with Gasteiger partial charge in [0.15, 0.2) is 5.12 Å². The first-order valence-corrected chi connectivity index (χ1v) is 9.63. The lowest BCUT2D eigenvalue weighted by Gasteiger charge is -2.28. The molecule has 0 aliphatic rings. The molecule has 0 aliphatic heterocycles. The zero-order valence-corrected chi connectivity index (χ0v) is 13.8. The van der Waals surface area contributed by atoms with E-state index in [1.165, 1.54) is 11.8 Å². The number of hydrogen-bond donors (Lipinski definition) is 0. The number of carbonyl (C=O) groups excluding carboxylic acids is 1. The van der Waals surface area contributed by atoms with E-state index >= 15 is 0 Å². The Morgan fingerprint density at radius 2 is 1.50 bits per heavy atom. The van der Waals surface area contributed by atoms with Crippen molar-refractivity contribution < 1.29 is 18.1 Å². The minimum atomic E-state index is -2.50. The normalized spacial score (nSPS) is 11.8. The van der Waals surface area contributed by atoms with Crippen molar-refractivity contribution in [1.29, 1.82) is 0 Å². The van der Waals surface area contributed by atoms with E-state index in [1.54, 1.807) is 0 Å². The number of thioether (sulfide) groups is 1. The molecule has 0 fully saturated rings. The van der Waals surface area contributed by atoms with E-state index in [9.17, 15) is 4.79 Å². The molecule has 6 heteroatoms. The van der Waals surface area contributed by atoms with Crippen LogP contribution in [0.15, 0.2) is 0 Å². The summed E-state index contributed by atoms with van der Waals surface area (Å²) in [7, 11) is -2.50. The summed E-state index contributed by atoms with van der Waals surface area (Å²) < 4.78 is 17.2. The topological polar surface area (TPSA) is 44.8 Å². The molecule has 0 aromatic rings. The van der Waals surface area contributed by atoms with Crippen molar-refractivity contribution in [2.75, 3.05) is 25.6 Å². The molecule has 0 saturated heterocycles. The van der Waals surface area contributed by atoms with Gasteiger partial charge in [-0.05, 0) is 27.2 Å². The maximum Gasteiger partial charge on any atom is 0.500 e. The van der Waals surface area contributed by atoms with E-state index in [1.807, 2.05) is 27.7 Å². The summed E-state index contributed by atoms with van der Waals surface area (Å²) in [5.74, 6) is 0.814. The zero-order chi connectivity index (χ0) is 13.9. The van der Waals surface area contributed by atoms with E-state index in [-0.39, 0.29) is 5.12 Å². The first kappa shape index (κ1) is 18.1. The fraction of sp³-hybridized carbons (Fsp3) is 0.917. The zero-order valence-electron chi connectivity index (χ0n) is 12.0. The fourth-order valence-corrected chi connectivity index (χ4v) is 5.17. The van der Waals surface area contributed by atoms with Crippen LogP contribution in [0.3, 0.4) is 0 Å². The minimum Gasteiger partial charge on any atom is -0.374 e. The van der Waals surface area contributed by atoms with Crippen molar-refractivity contribution in [3.8, 4) is 0 Å². The van der Waals surface area contributed by atoms with Crippen LogP contribution >= 0.6 is 11.8 Å². The van der Waals surface area contributed by atoms with Gasteiger partial charge in [0, 0.05) is 38.0 Å². The van der Waals surface area contributed by atoms with E-state index in [0.29, 0.717) is 26.2 Å². The summed E-state index contributed by atoms with van der Waals surface area (Å²) in [5.41, 5.74) is 0. The average molecular weight is 294 g/mol. The lowest BCUT2D eigenvalue weighted by molar-refractivity contribution is -0.110. The van der Waals surface area contributed by atoms with E-state index < -0.39 is 8.80 Å². The van der Waals surface area contributed by atoms with Crippen LogP contribution in [0, 0.1) is 0 Å². The van der Waals surface area contributed by atoms with Gasteiger partial charge in [0.1, 0.15) is 0 Å². The molecular weight excluding hydrogens is 268 g/mol. The number of hydrogen-bond acceptors (Lipinski definition) is 5. The van der Waals surface area contributed by atoms with Crippen molar-refractivity contribution in [3.05, 3.63) is 0 Å². The molecule has 0 aromatic carbocycles. The Labute approximate surface area is 116 Å². The molecule has 108 valence electrons. The van der Waals surface area contributed by atoms with Gasteiger partial charge in [-0.25, -0.2) is 0 Å². The van der Waals surface area contributed by atoms with Crippen LogP contribution in [-0.2, 0) is 18.1 Å². The summed E-state index contributed by atoms with van der Waals surface area (Å²) in [6, 6.07) is 0.784. The van der Waals surface area contributed by atoms with Crippen LogP contribution in [0.2, 0.25) is 6.04 Å². The summed E-state index contributed by atoms with van der Waals surface area (Å²) in [4.78, 5) is 11.2. The Kier molecular flexibility index (Phi) is 11.1. The highest BCUT2D eigenvalue weighted by molar-refractivity contribution is 8.13. The highest BCUT2D eigenvalue weighted by Gasteiger charge is 2.39. The third kappa shape index (κ3) is 7.53. The van der Waals surface area contributed by atoms with Crippen LogP contribution in [0.1, 0.15) is 40.5 Å². The molecule has 0 aromatic heterocycles. The molecule has 4 nitrogen and oxygen atoms in total. The monoisotopic (exact) mass is 294 g/mol. The van der Waals surface area contributed by atoms with Gasteiger partial charge in [-0.2, -0.15) is 0 Å². The van der Waals surface area contributed by atoms with Crippen LogP contribution in [-0.4, -0.2) is 39.5 Å². The Morgan fingerprint density at radius 1 is 1.00 bits per heavy atom. The van der Waals surface area contributed by atoms with Crippen LogP contribution in [0.4, 0.5) is 0 Å². The van der Waals surface area contributed by atoms with Gasteiger partial charge < -0.3 is 13.3 Å². The van der Waals surface area contributed by atoms with Gasteiger partial charge >= 0.3 is 8.80 Å². The lowest BCUT2D eigenvalue weighted by atomic mass is 10.6. The summed E-state index contributed by atoms with van der Waals surface area (Å²) in [5, 5.41) is 0.242. The molecule has 0 spiro atoms. The molecule has 0 atom stereocenters. The highest BCUT2D eigenvalue weighted by atomic mass is 32.2. The molecule has 0 unspecified atom stereocenters. The van der Waals surface area contributed by atoms with Gasteiger partial charge in [0.2, 0.25) is 0 Å². The molecule has 0 heterocycles. The van der Waals surface area contributed by atoms with Crippen molar-refractivity contribution in [3.63, 3.8) is 0 Å². The van der Waals surface area contributed by atoms with Gasteiger partial charge in [-0.3, -0.25) is 4.79 Å². The van der Waals surface area contributed by atoms with E-state index in [2.05, 4.69) is 0 Å². The van der Waals surface area contributed by atoms with E-state index in [4.69, 9.17) is 13.3 Å². The van der Waals surface area contributed by atoms with Crippen molar-refractivity contribution in [2.24, 2.45) is 0 Å². The summed E-state index contributed by atoms with van der Waals surface area (Å²) in [6.07, 6.45) is 1.48. The smallest absolute Gasteiger partial charge is 0.374 e. The summed E-state index contributed by atoms with van der Waals surface area (Å²) in [6.45, 7) is 9.56. The van der Waals surface area contributed by atoms with Crippen LogP contribution < -0.4 is 0 Å². The predicted octanol–water partition coefficient (Wildman–Crippen LogP) is 3.09. The standard InChI is InChI=1S/C12H26O4SSi/c1-5-12(13)17-10-9-11-18(14-6-2,15-7-3)16-8-4/h5-11H2,1-4H3. The van der Waals surface area contributed by atoms with Gasteiger partial charge in [0.05, 0.1) is 0 Å². The Balaban J connectivity index is 4.16. The van der Waals surface area contributed by atoms with Crippen molar-refractivity contribution in [2.45, 2.75) is 46.6 Å². The maximum atomic E-state index is 11.2. The van der Waals surface area contributed by atoms with Crippen molar-refractivity contribution in [1.82, 2.24) is 0 Å². The largest absolute Gasteiger partial charge is 0.500 e. The second kappa shape index (κ2) is 11.0. The highest BCUT2D eigenvalue weighted by Crippen LogP contribution is 2.20. The Hall–Kier alpha value is 0.117. The van der Waals surface area contributed by atoms with Crippen LogP contribution in [0.25, 0.3) is 0 Å². The molecule has 0 radical (unpaired) electrons. The molecular formula is C12H26O4SSi. The third-order valence-electron chi connectivity index (χ3n) is 2.27. The number of rotatable bonds is 11. The molecule has 0 aliphatic carbocycles. The second-order valence-corrected chi connectivity index (χ2v) is 7.54. The van der Waals surface area contributed by atoms with Gasteiger partial charge in [-0.15, -0.1) is 0 Å². The van der Waals surface area contributed by atoms with Crippen molar-refractivity contribution >= 4 is 25.7 Å². The first-order chi connectivity index (χ1) is 8.64. The lowest BCUT2D eigenvalue weighted by Crippen LogP contribution is -2.46. The molecule has 0 N–H and O–H groups in total. The third-order valence-corrected chi connectivity index (χ3v) is 6.53. The molecule has 0 amide bonds. The van der Waals surface area contributed by atoms with Gasteiger partial charge in [0.25, 0.3) is 0 Å². The molecule has 0 bridgehead atoms. The van der Waals surface area contributed by atoms with E-state index in [0.717, 1.165) is 18.2 Å². The molecule has 18 heavy (non-hydrogen) atoms. The number of carbonyl (C=O) groups is 1. The predicted molar refractivity (Wildman–Crippen MR) is 77.8 cm³/mol. The molecule has 0 rings (SSSR count). The summed E-state index contributed by atoms with van der Waals surface area (Å²) >= 11 is 1.39. The quantitative estimate of drug-likeness (QED) is 0.433.